The number of benzene rings is 2. The van der Waals surface area contributed by atoms with Crippen LogP contribution in [0.5, 0.6) is 0 Å². The number of hydrogen-bond donors (Lipinski definition) is 1. The summed E-state index contributed by atoms with van der Waals surface area (Å²) in [5.74, 6) is 0. The molecule has 108 valence electrons. The summed E-state index contributed by atoms with van der Waals surface area (Å²) in [5, 5.41) is 12.9. The van der Waals surface area contributed by atoms with E-state index in [1.165, 1.54) is 10.8 Å². The molecule has 2 nitrogen and oxygen atoms in total. The Balaban J connectivity index is 2.16. The molecular formula is C18H25NO. The molecule has 0 saturated heterocycles. The van der Waals surface area contributed by atoms with Gasteiger partial charge in [-0.1, -0.05) is 50.2 Å². The van der Waals surface area contributed by atoms with Crippen LogP contribution in [0.25, 0.3) is 10.8 Å². The zero-order valence-corrected chi connectivity index (χ0v) is 12.7. The van der Waals surface area contributed by atoms with Gasteiger partial charge in [0.05, 0.1) is 6.10 Å². The molecule has 2 atom stereocenters. The monoisotopic (exact) mass is 271 g/mol. The summed E-state index contributed by atoms with van der Waals surface area (Å²) in [6.45, 7) is 8.23. The molecule has 0 spiro atoms. The fourth-order valence-corrected chi connectivity index (χ4v) is 2.62. The fraction of sp³-hybridized carbons (Fsp3) is 0.444. The van der Waals surface area contributed by atoms with Crippen LogP contribution in [0.15, 0.2) is 42.5 Å². The molecule has 2 heteroatoms. The van der Waals surface area contributed by atoms with E-state index < -0.39 is 6.10 Å². The quantitative estimate of drug-likeness (QED) is 0.858. The van der Waals surface area contributed by atoms with Crippen molar-refractivity contribution in [2.75, 3.05) is 13.1 Å². The van der Waals surface area contributed by atoms with Gasteiger partial charge in [0.15, 0.2) is 0 Å². The van der Waals surface area contributed by atoms with Crippen LogP contribution in [0.2, 0.25) is 0 Å². The molecule has 2 aromatic carbocycles. The van der Waals surface area contributed by atoms with Gasteiger partial charge in [0.1, 0.15) is 0 Å². The van der Waals surface area contributed by atoms with Gasteiger partial charge in [-0.25, -0.2) is 0 Å². The second-order valence-electron chi connectivity index (χ2n) is 5.47. The standard InChI is InChI=1S/C18H25NO/c1-4-14(3)19(5-2)13-18(20)17-11-10-15-8-6-7-9-16(15)12-17/h6-12,14,18,20H,4-5,13H2,1-3H3. The summed E-state index contributed by atoms with van der Waals surface area (Å²) in [6, 6.07) is 15.0. The van der Waals surface area contributed by atoms with Crippen LogP contribution in [0, 0.1) is 0 Å². The normalized spacial score (nSPS) is 14.7. The molecule has 0 saturated carbocycles. The van der Waals surface area contributed by atoms with Crippen LogP contribution in [0.3, 0.4) is 0 Å². The molecule has 0 aliphatic rings. The highest BCUT2D eigenvalue weighted by Crippen LogP contribution is 2.22. The van der Waals surface area contributed by atoms with Gasteiger partial charge in [-0.15, -0.1) is 0 Å². The number of aliphatic hydroxyl groups excluding tert-OH is 1. The van der Waals surface area contributed by atoms with Gasteiger partial charge < -0.3 is 5.11 Å². The second kappa shape index (κ2) is 6.87. The van der Waals surface area contributed by atoms with Gasteiger partial charge in [-0.2, -0.15) is 0 Å². The van der Waals surface area contributed by atoms with Crippen molar-refractivity contribution in [2.45, 2.75) is 39.3 Å². The van der Waals surface area contributed by atoms with E-state index >= 15 is 0 Å². The van der Waals surface area contributed by atoms with Crippen LogP contribution in [-0.2, 0) is 0 Å². The molecule has 2 unspecified atom stereocenters. The molecule has 0 aromatic heterocycles. The second-order valence-corrected chi connectivity index (χ2v) is 5.47. The maximum Gasteiger partial charge on any atom is 0.0917 e. The summed E-state index contributed by atoms with van der Waals surface area (Å²) in [5.41, 5.74) is 1.01. The molecule has 20 heavy (non-hydrogen) atoms. The van der Waals surface area contributed by atoms with Gasteiger partial charge in [-0.3, -0.25) is 4.90 Å². The Morgan fingerprint density at radius 1 is 1.05 bits per heavy atom. The lowest BCUT2D eigenvalue weighted by molar-refractivity contribution is 0.0936. The molecular weight excluding hydrogens is 246 g/mol. The van der Waals surface area contributed by atoms with Crippen molar-refractivity contribution in [3.8, 4) is 0 Å². The molecule has 0 bridgehead atoms. The fourth-order valence-electron chi connectivity index (χ4n) is 2.62. The molecule has 0 radical (unpaired) electrons. The summed E-state index contributed by atoms with van der Waals surface area (Å²) < 4.78 is 0. The highest BCUT2D eigenvalue weighted by Gasteiger charge is 2.16. The predicted octanol–water partition coefficient (Wildman–Crippen LogP) is 3.99. The topological polar surface area (TPSA) is 23.5 Å². The van der Waals surface area contributed by atoms with Crippen LogP contribution < -0.4 is 0 Å². The molecule has 2 aromatic rings. The lowest BCUT2D eigenvalue weighted by atomic mass is 10.0. The largest absolute Gasteiger partial charge is 0.387 e. The maximum atomic E-state index is 10.5. The van der Waals surface area contributed by atoms with Gasteiger partial charge in [0.25, 0.3) is 0 Å². The average molecular weight is 271 g/mol. The Labute approximate surface area is 122 Å². The SMILES string of the molecule is CCC(C)N(CC)CC(O)c1ccc2ccccc2c1. The molecule has 0 heterocycles. The first-order valence-electron chi connectivity index (χ1n) is 7.56. The van der Waals surface area contributed by atoms with Crippen molar-refractivity contribution in [2.24, 2.45) is 0 Å². The lowest BCUT2D eigenvalue weighted by Crippen LogP contribution is -2.35. The zero-order valence-electron chi connectivity index (χ0n) is 12.7. The van der Waals surface area contributed by atoms with Gasteiger partial charge >= 0.3 is 0 Å². The van der Waals surface area contributed by atoms with Gasteiger partial charge in [0.2, 0.25) is 0 Å². The molecule has 0 aliphatic heterocycles. The smallest absolute Gasteiger partial charge is 0.0917 e. The van der Waals surface area contributed by atoms with Crippen LogP contribution in [0.1, 0.15) is 38.9 Å². The van der Waals surface area contributed by atoms with E-state index in [-0.39, 0.29) is 0 Å². The van der Waals surface area contributed by atoms with Crippen molar-refractivity contribution < 1.29 is 5.11 Å². The van der Waals surface area contributed by atoms with Crippen molar-refractivity contribution in [3.63, 3.8) is 0 Å². The third-order valence-electron chi connectivity index (χ3n) is 4.19. The van der Waals surface area contributed by atoms with E-state index in [9.17, 15) is 5.11 Å². The Kier molecular flexibility index (Phi) is 5.16. The minimum atomic E-state index is -0.423. The summed E-state index contributed by atoms with van der Waals surface area (Å²) >= 11 is 0. The van der Waals surface area contributed by atoms with Crippen LogP contribution in [-0.4, -0.2) is 29.1 Å². The van der Waals surface area contributed by atoms with E-state index in [1.807, 2.05) is 18.2 Å². The molecule has 0 aliphatic carbocycles. The molecule has 1 N–H and O–H groups in total. The Hall–Kier alpha value is -1.38. The Morgan fingerprint density at radius 3 is 2.40 bits per heavy atom. The third-order valence-corrected chi connectivity index (χ3v) is 4.19. The number of nitrogens with zero attached hydrogens (tertiary/aromatic N) is 1. The summed E-state index contributed by atoms with van der Waals surface area (Å²) in [7, 11) is 0. The minimum absolute atomic E-state index is 0.423. The number of likely N-dealkylation sites (N-methyl/N-ethyl adjacent to an activating group) is 1. The first-order valence-corrected chi connectivity index (χ1v) is 7.56. The highest BCUT2D eigenvalue weighted by atomic mass is 16.3. The number of aliphatic hydroxyl groups is 1. The summed E-state index contributed by atoms with van der Waals surface area (Å²) in [4.78, 5) is 2.33. The third kappa shape index (κ3) is 3.38. The molecule has 0 fully saturated rings. The van der Waals surface area contributed by atoms with Gasteiger partial charge in [0, 0.05) is 12.6 Å². The Bertz CT molecular complexity index is 552. The van der Waals surface area contributed by atoms with Crippen LogP contribution in [0.4, 0.5) is 0 Å². The average Bonchev–Trinajstić information content (AvgIpc) is 2.51. The predicted molar refractivity (Wildman–Crippen MR) is 85.9 cm³/mol. The van der Waals surface area contributed by atoms with E-state index in [1.54, 1.807) is 0 Å². The summed E-state index contributed by atoms with van der Waals surface area (Å²) in [6.07, 6.45) is 0.687. The number of hydrogen-bond acceptors (Lipinski definition) is 2. The van der Waals surface area contributed by atoms with Crippen molar-refractivity contribution in [1.29, 1.82) is 0 Å². The minimum Gasteiger partial charge on any atom is -0.387 e. The van der Waals surface area contributed by atoms with Crippen LogP contribution >= 0.6 is 0 Å². The molecule has 0 amide bonds. The van der Waals surface area contributed by atoms with E-state index in [0.29, 0.717) is 12.6 Å². The number of fused-ring (bicyclic) bond motifs is 1. The van der Waals surface area contributed by atoms with Gasteiger partial charge in [-0.05, 0) is 42.3 Å². The zero-order chi connectivity index (χ0) is 14.5. The maximum absolute atomic E-state index is 10.5. The molecule has 2 rings (SSSR count). The highest BCUT2D eigenvalue weighted by molar-refractivity contribution is 5.83. The lowest BCUT2D eigenvalue weighted by Gasteiger charge is -2.29. The van der Waals surface area contributed by atoms with Crippen molar-refractivity contribution >= 4 is 10.8 Å². The first kappa shape index (κ1) is 15.0. The van der Waals surface area contributed by atoms with E-state index in [4.69, 9.17) is 0 Å². The van der Waals surface area contributed by atoms with E-state index in [2.05, 4.69) is 49.9 Å². The first-order chi connectivity index (χ1) is 9.65. The van der Waals surface area contributed by atoms with Crippen molar-refractivity contribution in [1.82, 2.24) is 4.90 Å². The Morgan fingerprint density at radius 2 is 1.75 bits per heavy atom. The number of rotatable bonds is 6. The van der Waals surface area contributed by atoms with Crippen molar-refractivity contribution in [3.05, 3.63) is 48.0 Å². The van der Waals surface area contributed by atoms with E-state index in [0.717, 1.165) is 18.5 Å².